The van der Waals surface area contributed by atoms with E-state index in [2.05, 4.69) is 9.97 Å². The average molecular weight is 298 g/mol. The largest absolute Gasteiger partial charge is 0.481 e. The van der Waals surface area contributed by atoms with Gasteiger partial charge in [-0.15, -0.1) is 0 Å². The molecule has 0 spiro atoms. The quantitative estimate of drug-likeness (QED) is 0.893. The van der Waals surface area contributed by atoms with Gasteiger partial charge >= 0.3 is 12.1 Å². The molecule has 4 nitrogen and oxygen atoms in total. The highest BCUT2D eigenvalue weighted by atomic mass is 19.4. The topological polar surface area (TPSA) is 66.0 Å². The number of aromatic amines is 1. The Morgan fingerprint density at radius 2 is 2.05 bits per heavy atom. The summed E-state index contributed by atoms with van der Waals surface area (Å²) < 4.78 is 38.0. The molecule has 0 saturated heterocycles. The molecular formula is C14H13F3N2O2. The fraction of sp³-hybridized carbons (Fsp3) is 0.429. The van der Waals surface area contributed by atoms with Gasteiger partial charge in [-0.1, -0.05) is 13.8 Å². The van der Waals surface area contributed by atoms with Gasteiger partial charge in [0.1, 0.15) is 5.82 Å². The van der Waals surface area contributed by atoms with Gasteiger partial charge in [0.25, 0.3) is 0 Å². The lowest BCUT2D eigenvalue weighted by Gasteiger charge is -2.05. The number of rotatable bonds is 2. The van der Waals surface area contributed by atoms with E-state index in [0.717, 1.165) is 12.1 Å². The first-order valence-electron chi connectivity index (χ1n) is 6.42. The van der Waals surface area contributed by atoms with Gasteiger partial charge in [-0.3, -0.25) is 4.79 Å². The van der Waals surface area contributed by atoms with Gasteiger partial charge < -0.3 is 10.1 Å². The number of carbonyl (C=O) groups is 1. The first-order valence-corrected chi connectivity index (χ1v) is 6.42. The van der Waals surface area contributed by atoms with Gasteiger partial charge in [0.2, 0.25) is 0 Å². The maximum absolute atomic E-state index is 12.7. The van der Waals surface area contributed by atoms with Crippen LogP contribution in [0.15, 0.2) is 18.2 Å². The van der Waals surface area contributed by atoms with Crippen LogP contribution in [0.3, 0.4) is 0 Å². The van der Waals surface area contributed by atoms with Crippen LogP contribution in [0.25, 0.3) is 11.0 Å². The molecule has 1 fully saturated rings. The molecule has 7 heteroatoms. The Morgan fingerprint density at radius 3 is 2.57 bits per heavy atom. The fourth-order valence-electron chi connectivity index (χ4n) is 2.96. The lowest BCUT2D eigenvalue weighted by atomic mass is 10.1. The second-order valence-corrected chi connectivity index (χ2v) is 5.97. The Balaban J connectivity index is 2.01. The minimum absolute atomic E-state index is 0.270. The van der Waals surface area contributed by atoms with Gasteiger partial charge in [0, 0.05) is 5.92 Å². The van der Waals surface area contributed by atoms with Gasteiger partial charge in [0.05, 0.1) is 22.5 Å². The summed E-state index contributed by atoms with van der Waals surface area (Å²) >= 11 is 0. The summed E-state index contributed by atoms with van der Waals surface area (Å²) in [6.07, 6.45) is -4.41. The summed E-state index contributed by atoms with van der Waals surface area (Å²) in [4.78, 5) is 18.2. The molecule has 1 saturated carbocycles. The summed E-state index contributed by atoms with van der Waals surface area (Å²) in [6.45, 7) is 3.62. The van der Waals surface area contributed by atoms with Crippen LogP contribution >= 0.6 is 0 Å². The molecule has 2 unspecified atom stereocenters. The molecule has 1 heterocycles. The predicted molar refractivity (Wildman–Crippen MR) is 68.7 cm³/mol. The smallest absolute Gasteiger partial charge is 0.416 e. The van der Waals surface area contributed by atoms with Crippen molar-refractivity contribution >= 4 is 17.0 Å². The standard InChI is InChI=1S/C14H13F3N2O2/c1-13(2)9(10(13)12(20)21)11-18-7-4-3-6(14(15,16)17)5-8(7)19-11/h3-5,9-10H,1-2H3,(H,18,19)(H,20,21). The van der Waals surface area contributed by atoms with Crippen LogP contribution in [0.4, 0.5) is 13.2 Å². The third-order valence-electron chi connectivity index (χ3n) is 4.22. The zero-order valence-corrected chi connectivity index (χ0v) is 11.3. The SMILES string of the molecule is CC1(C)C(C(=O)O)C1c1nc2ccc(C(F)(F)F)cc2[nH]1. The van der Waals surface area contributed by atoms with E-state index in [-0.39, 0.29) is 11.4 Å². The number of carboxylic acids is 1. The van der Waals surface area contributed by atoms with Crippen LogP contribution in [-0.2, 0) is 11.0 Å². The van der Waals surface area contributed by atoms with Crippen LogP contribution in [0.2, 0.25) is 0 Å². The number of benzene rings is 1. The molecule has 21 heavy (non-hydrogen) atoms. The molecule has 0 bridgehead atoms. The zero-order valence-electron chi connectivity index (χ0n) is 11.3. The number of hydrogen-bond donors (Lipinski definition) is 2. The van der Waals surface area contributed by atoms with E-state index in [9.17, 15) is 18.0 Å². The number of nitrogens with zero attached hydrogens (tertiary/aromatic N) is 1. The van der Waals surface area contributed by atoms with Crippen LogP contribution in [0.5, 0.6) is 0 Å². The van der Waals surface area contributed by atoms with E-state index < -0.39 is 29.0 Å². The third kappa shape index (κ3) is 2.07. The molecule has 3 rings (SSSR count). The minimum atomic E-state index is -4.41. The number of nitrogens with one attached hydrogen (secondary N) is 1. The first kappa shape index (κ1) is 13.9. The lowest BCUT2D eigenvalue weighted by molar-refractivity contribution is -0.139. The van der Waals surface area contributed by atoms with Gasteiger partial charge in [-0.25, -0.2) is 4.98 Å². The Hall–Kier alpha value is -2.05. The van der Waals surface area contributed by atoms with E-state index in [0.29, 0.717) is 11.3 Å². The van der Waals surface area contributed by atoms with Gasteiger partial charge in [-0.2, -0.15) is 13.2 Å². The van der Waals surface area contributed by atoms with Gasteiger partial charge in [0.15, 0.2) is 0 Å². The average Bonchev–Trinajstić information content (AvgIpc) is 2.75. The second kappa shape index (κ2) is 3.99. The molecule has 2 aromatic rings. The van der Waals surface area contributed by atoms with E-state index >= 15 is 0 Å². The molecule has 2 N–H and O–H groups in total. The Kier molecular flexibility index (Phi) is 2.64. The molecular weight excluding hydrogens is 285 g/mol. The summed E-state index contributed by atoms with van der Waals surface area (Å²) in [5.41, 5.74) is -0.529. The monoisotopic (exact) mass is 298 g/mol. The number of alkyl halides is 3. The number of aromatic nitrogens is 2. The Labute approximate surface area is 118 Å². The normalized spacial score (nSPS) is 24.2. The van der Waals surface area contributed by atoms with Crippen molar-refractivity contribution < 1.29 is 23.1 Å². The van der Waals surface area contributed by atoms with Crippen molar-refractivity contribution in [2.45, 2.75) is 25.9 Å². The zero-order chi connectivity index (χ0) is 15.6. The lowest BCUT2D eigenvalue weighted by Crippen LogP contribution is -2.04. The molecule has 1 aliphatic carbocycles. The fourth-order valence-corrected chi connectivity index (χ4v) is 2.96. The van der Waals surface area contributed by atoms with Crippen LogP contribution in [0, 0.1) is 11.3 Å². The van der Waals surface area contributed by atoms with Crippen molar-refractivity contribution in [1.29, 1.82) is 0 Å². The van der Waals surface area contributed by atoms with Crippen molar-refractivity contribution in [1.82, 2.24) is 9.97 Å². The van der Waals surface area contributed by atoms with Crippen LogP contribution < -0.4 is 0 Å². The van der Waals surface area contributed by atoms with Crippen molar-refractivity contribution in [3.8, 4) is 0 Å². The number of carboxylic acid groups (broad SMARTS) is 1. The number of imidazole rings is 1. The molecule has 1 aromatic heterocycles. The maximum atomic E-state index is 12.7. The summed E-state index contributed by atoms with van der Waals surface area (Å²) in [6, 6.07) is 3.26. The molecule has 1 aliphatic rings. The van der Waals surface area contributed by atoms with E-state index in [1.807, 2.05) is 13.8 Å². The summed E-state index contributed by atoms with van der Waals surface area (Å²) in [7, 11) is 0. The van der Waals surface area contributed by atoms with Crippen molar-refractivity contribution in [2.24, 2.45) is 11.3 Å². The number of halogens is 3. The molecule has 2 atom stereocenters. The molecule has 112 valence electrons. The molecule has 0 amide bonds. The summed E-state index contributed by atoms with van der Waals surface area (Å²) in [5.74, 6) is -1.36. The van der Waals surface area contributed by atoms with Crippen LogP contribution in [0.1, 0.15) is 31.2 Å². The highest BCUT2D eigenvalue weighted by Crippen LogP contribution is 2.63. The maximum Gasteiger partial charge on any atom is 0.416 e. The number of aliphatic carboxylic acids is 1. The Morgan fingerprint density at radius 1 is 1.38 bits per heavy atom. The number of fused-ring (bicyclic) bond motifs is 1. The Bertz CT molecular complexity index is 733. The van der Waals surface area contributed by atoms with E-state index in [1.165, 1.54) is 6.07 Å². The van der Waals surface area contributed by atoms with E-state index in [1.54, 1.807) is 0 Å². The third-order valence-corrected chi connectivity index (χ3v) is 4.22. The van der Waals surface area contributed by atoms with E-state index in [4.69, 9.17) is 5.11 Å². The number of hydrogen-bond acceptors (Lipinski definition) is 2. The molecule has 0 radical (unpaired) electrons. The molecule has 1 aromatic carbocycles. The first-order chi connectivity index (χ1) is 9.62. The molecule has 0 aliphatic heterocycles. The highest BCUT2D eigenvalue weighted by Gasteiger charge is 2.64. The number of H-pyrrole nitrogens is 1. The van der Waals surface area contributed by atoms with Crippen molar-refractivity contribution in [3.63, 3.8) is 0 Å². The highest BCUT2D eigenvalue weighted by molar-refractivity contribution is 5.79. The summed E-state index contributed by atoms with van der Waals surface area (Å²) in [5, 5.41) is 9.16. The van der Waals surface area contributed by atoms with Crippen molar-refractivity contribution in [3.05, 3.63) is 29.6 Å². The van der Waals surface area contributed by atoms with Gasteiger partial charge in [-0.05, 0) is 23.6 Å². The minimum Gasteiger partial charge on any atom is -0.481 e. The second-order valence-electron chi connectivity index (χ2n) is 5.97. The van der Waals surface area contributed by atoms with Crippen molar-refractivity contribution in [2.75, 3.05) is 0 Å². The predicted octanol–water partition coefficient (Wildman–Crippen LogP) is 3.41. The van der Waals surface area contributed by atoms with Crippen LogP contribution in [-0.4, -0.2) is 21.0 Å².